The SMILES string of the molecule is COc1ccc(C2CCCN2CC(=O)Nc2cc(F)cc(F)c2)c(OC)c1. The number of benzene rings is 2. The molecule has 0 aliphatic carbocycles. The molecule has 2 aromatic carbocycles. The van der Waals surface area contributed by atoms with Crippen LogP contribution in [0.25, 0.3) is 0 Å². The number of carbonyl (C=O) groups excluding carboxylic acids is 1. The van der Waals surface area contributed by atoms with Gasteiger partial charge in [-0.1, -0.05) is 6.07 Å². The van der Waals surface area contributed by atoms with E-state index in [-0.39, 0.29) is 24.2 Å². The lowest BCUT2D eigenvalue weighted by atomic mass is 10.0. The highest BCUT2D eigenvalue weighted by Crippen LogP contribution is 2.38. The summed E-state index contributed by atoms with van der Waals surface area (Å²) < 4.78 is 37.3. The topological polar surface area (TPSA) is 50.8 Å². The van der Waals surface area contributed by atoms with E-state index in [0.717, 1.165) is 43.1 Å². The molecule has 0 aromatic heterocycles. The van der Waals surface area contributed by atoms with Gasteiger partial charge < -0.3 is 14.8 Å². The Kier molecular flexibility index (Phi) is 5.91. The Hall–Kier alpha value is -2.67. The Morgan fingerprint density at radius 2 is 1.89 bits per heavy atom. The van der Waals surface area contributed by atoms with Crippen LogP contribution in [0.5, 0.6) is 11.5 Å². The number of hydrogen-bond acceptors (Lipinski definition) is 4. The van der Waals surface area contributed by atoms with Crippen molar-refractivity contribution in [3.05, 3.63) is 53.6 Å². The monoisotopic (exact) mass is 376 g/mol. The van der Waals surface area contributed by atoms with Gasteiger partial charge in [-0.3, -0.25) is 9.69 Å². The van der Waals surface area contributed by atoms with Gasteiger partial charge in [0.2, 0.25) is 5.91 Å². The van der Waals surface area contributed by atoms with Crippen molar-refractivity contribution >= 4 is 11.6 Å². The number of carbonyl (C=O) groups is 1. The summed E-state index contributed by atoms with van der Waals surface area (Å²) in [6.45, 7) is 0.878. The summed E-state index contributed by atoms with van der Waals surface area (Å²) in [5.41, 5.74) is 1.09. The van der Waals surface area contributed by atoms with Gasteiger partial charge in [0.15, 0.2) is 0 Å². The second-order valence-corrected chi connectivity index (χ2v) is 6.44. The molecular weight excluding hydrogens is 354 g/mol. The van der Waals surface area contributed by atoms with Gasteiger partial charge in [0.05, 0.1) is 20.8 Å². The smallest absolute Gasteiger partial charge is 0.238 e. The minimum atomic E-state index is -0.729. The van der Waals surface area contributed by atoms with Crippen LogP contribution in [-0.4, -0.2) is 38.1 Å². The molecule has 3 rings (SSSR count). The number of nitrogens with one attached hydrogen (secondary N) is 1. The molecule has 0 bridgehead atoms. The molecule has 1 fully saturated rings. The number of methoxy groups -OCH3 is 2. The van der Waals surface area contributed by atoms with Crippen molar-refractivity contribution in [3.63, 3.8) is 0 Å². The Morgan fingerprint density at radius 3 is 2.56 bits per heavy atom. The summed E-state index contributed by atoms with van der Waals surface area (Å²) in [6, 6.07) is 8.61. The number of anilines is 1. The van der Waals surface area contributed by atoms with Crippen molar-refractivity contribution in [1.29, 1.82) is 0 Å². The molecule has 7 heteroatoms. The summed E-state index contributed by atoms with van der Waals surface area (Å²) >= 11 is 0. The number of ether oxygens (including phenoxy) is 2. The first-order chi connectivity index (χ1) is 13.0. The first kappa shape index (κ1) is 19.1. The van der Waals surface area contributed by atoms with E-state index in [1.54, 1.807) is 14.2 Å². The molecule has 1 aliphatic rings. The molecule has 1 aliphatic heterocycles. The molecule has 1 unspecified atom stereocenters. The largest absolute Gasteiger partial charge is 0.497 e. The number of halogens is 2. The molecule has 2 aromatic rings. The molecule has 1 atom stereocenters. The predicted molar refractivity (Wildman–Crippen MR) is 98.1 cm³/mol. The second kappa shape index (κ2) is 8.35. The van der Waals surface area contributed by atoms with E-state index in [2.05, 4.69) is 5.32 Å². The minimum absolute atomic E-state index is 0.0286. The maximum Gasteiger partial charge on any atom is 0.238 e. The Balaban J connectivity index is 1.72. The average Bonchev–Trinajstić information content (AvgIpc) is 3.07. The fourth-order valence-electron chi connectivity index (χ4n) is 3.47. The predicted octanol–water partition coefficient (Wildman–Crippen LogP) is 3.76. The molecular formula is C20H22F2N2O3. The zero-order chi connectivity index (χ0) is 19.4. The molecule has 0 saturated carbocycles. The number of hydrogen-bond donors (Lipinski definition) is 1. The molecule has 144 valence electrons. The number of nitrogens with zero attached hydrogens (tertiary/aromatic N) is 1. The Morgan fingerprint density at radius 1 is 1.15 bits per heavy atom. The van der Waals surface area contributed by atoms with Gasteiger partial charge in [0, 0.05) is 29.4 Å². The van der Waals surface area contributed by atoms with Crippen LogP contribution in [0.1, 0.15) is 24.4 Å². The van der Waals surface area contributed by atoms with Gasteiger partial charge in [-0.15, -0.1) is 0 Å². The zero-order valence-electron chi connectivity index (χ0n) is 15.3. The van der Waals surface area contributed by atoms with Gasteiger partial charge in [-0.25, -0.2) is 8.78 Å². The Labute approximate surface area is 156 Å². The standard InChI is InChI=1S/C20H22F2N2O3/c1-26-16-5-6-17(19(11-16)27-2)18-4-3-7-24(18)12-20(25)23-15-9-13(21)8-14(22)10-15/h5-6,8-11,18H,3-4,7,12H2,1-2H3,(H,23,25). The van der Waals surface area contributed by atoms with Crippen LogP contribution >= 0.6 is 0 Å². The fourth-order valence-corrected chi connectivity index (χ4v) is 3.47. The maximum absolute atomic E-state index is 13.3. The zero-order valence-corrected chi connectivity index (χ0v) is 15.3. The van der Waals surface area contributed by atoms with Gasteiger partial charge in [0.25, 0.3) is 0 Å². The molecule has 0 radical (unpaired) electrons. The molecule has 27 heavy (non-hydrogen) atoms. The van der Waals surface area contributed by atoms with E-state index >= 15 is 0 Å². The van der Waals surface area contributed by atoms with E-state index in [1.807, 2.05) is 23.1 Å². The van der Waals surface area contributed by atoms with E-state index < -0.39 is 11.6 Å². The molecule has 1 heterocycles. The van der Waals surface area contributed by atoms with Crippen molar-refractivity contribution < 1.29 is 23.0 Å². The minimum Gasteiger partial charge on any atom is -0.497 e. The van der Waals surface area contributed by atoms with Gasteiger partial charge in [0.1, 0.15) is 23.1 Å². The average molecular weight is 376 g/mol. The van der Waals surface area contributed by atoms with Crippen LogP contribution in [0.15, 0.2) is 36.4 Å². The first-order valence-electron chi connectivity index (χ1n) is 8.72. The van der Waals surface area contributed by atoms with Crippen molar-refractivity contribution in [2.45, 2.75) is 18.9 Å². The van der Waals surface area contributed by atoms with Crippen LogP contribution in [0.4, 0.5) is 14.5 Å². The molecule has 1 N–H and O–H groups in total. The van der Waals surface area contributed by atoms with Crippen LogP contribution in [0.2, 0.25) is 0 Å². The Bertz CT molecular complexity index is 809. The molecule has 5 nitrogen and oxygen atoms in total. The van der Waals surface area contributed by atoms with E-state index in [4.69, 9.17) is 9.47 Å². The van der Waals surface area contributed by atoms with Crippen molar-refractivity contribution in [2.24, 2.45) is 0 Å². The lowest BCUT2D eigenvalue weighted by Gasteiger charge is -2.25. The molecule has 1 amide bonds. The lowest BCUT2D eigenvalue weighted by Crippen LogP contribution is -2.33. The second-order valence-electron chi connectivity index (χ2n) is 6.44. The first-order valence-corrected chi connectivity index (χ1v) is 8.72. The summed E-state index contributed by atoms with van der Waals surface area (Å²) in [5.74, 6) is -0.371. The van der Waals surface area contributed by atoms with Gasteiger partial charge >= 0.3 is 0 Å². The fraction of sp³-hybridized carbons (Fsp3) is 0.350. The summed E-state index contributed by atoms with van der Waals surface area (Å²) in [4.78, 5) is 14.4. The van der Waals surface area contributed by atoms with Crippen LogP contribution < -0.4 is 14.8 Å². The quantitative estimate of drug-likeness (QED) is 0.834. The summed E-state index contributed by atoms with van der Waals surface area (Å²) in [6.07, 6.45) is 1.84. The highest BCUT2D eigenvalue weighted by molar-refractivity contribution is 5.92. The van der Waals surface area contributed by atoms with Crippen LogP contribution in [0, 0.1) is 11.6 Å². The third-order valence-electron chi connectivity index (χ3n) is 4.66. The third-order valence-corrected chi connectivity index (χ3v) is 4.66. The third kappa shape index (κ3) is 4.54. The van der Waals surface area contributed by atoms with E-state index in [0.29, 0.717) is 11.5 Å². The van der Waals surface area contributed by atoms with Crippen LogP contribution in [-0.2, 0) is 4.79 Å². The normalized spacial score (nSPS) is 17.0. The molecule has 1 saturated heterocycles. The summed E-state index contributed by atoms with van der Waals surface area (Å²) in [5, 5.41) is 2.56. The van der Waals surface area contributed by atoms with E-state index in [9.17, 15) is 13.6 Å². The van der Waals surface area contributed by atoms with E-state index in [1.165, 1.54) is 0 Å². The number of rotatable bonds is 6. The number of likely N-dealkylation sites (tertiary alicyclic amines) is 1. The number of amides is 1. The van der Waals surface area contributed by atoms with Gasteiger partial charge in [-0.2, -0.15) is 0 Å². The van der Waals surface area contributed by atoms with Crippen molar-refractivity contribution in [2.75, 3.05) is 32.6 Å². The highest BCUT2D eigenvalue weighted by atomic mass is 19.1. The maximum atomic E-state index is 13.3. The van der Waals surface area contributed by atoms with Gasteiger partial charge in [-0.05, 0) is 37.6 Å². The van der Waals surface area contributed by atoms with Crippen LogP contribution in [0.3, 0.4) is 0 Å². The molecule has 0 spiro atoms. The van der Waals surface area contributed by atoms with Crippen molar-refractivity contribution in [3.8, 4) is 11.5 Å². The summed E-state index contributed by atoms with van der Waals surface area (Å²) in [7, 11) is 3.19. The highest BCUT2D eigenvalue weighted by Gasteiger charge is 2.30. The lowest BCUT2D eigenvalue weighted by molar-refractivity contribution is -0.117. The van der Waals surface area contributed by atoms with Crippen molar-refractivity contribution in [1.82, 2.24) is 4.90 Å².